The van der Waals surface area contributed by atoms with E-state index >= 15 is 0 Å². The number of benzene rings is 1. The van der Waals surface area contributed by atoms with Crippen LogP contribution in [0, 0.1) is 12.9 Å². The van der Waals surface area contributed by atoms with Gasteiger partial charge in [-0.05, 0) is 49.6 Å². The lowest BCUT2D eigenvalue weighted by Crippen LogP contribution is -2.07. The molecule has 0 unspecified atom stereocenters. The van der Waals surface area contributed by atoms with Gasteiger partial charge in [-0.2, -0.15) is 4.39 Å². The number of fused-ring (bicyclic) bond motifs is 1. The number of aryl methyl sites for hydroxylation is 3. The number of carbonyl (C=O) groups is 1. The fourth-order valence-corrected chi connectivity index (χ4v) is 3.10. The molecule has 4 nitrogen and oxygen atoms in total. The van der Waals surface area contributed by atoms with Crippen LogP contribution in [0.4, 0.5) is 4.39 Å². The van der Waals surface area contributed by atoms with Gasteiger partial charge in [-0.25, -0.2) is 9.97 Å². The quantitative estimate of drug-likeness (QED) is 0.424. The Bertz CT molecular complexity index is 1120. The predicted molar refractivity (Wildman–Crippen MR) is 102 cm³/mol. The molecule has 1 aromatic carbocycles. The SMILES string of the molecule is Cc1ccc(CCc2ccc(C(=O)c3c[nH]c4ncccc34)c(F)n2)cc1. The van der Waals surface area contributed by atoms with Crippen molar-refractivity contribution >= 4 is 16.8 Å². The van der Waals surface area contributed by atoms with E-state index in [1.165, 1.54) is 17.2 Å². The Balaban J connectivity index is 1.54. The standard InChI is InChI=1S/C22H18FN3O/c1-14-4-6-15(7-5-14)8-9-16-10-11-18(21(23)26-16)20(27)19-13-25-22-17(19)3-2-12-24-22/h2-7,10-13H,8-9H2,1H3,(H,24,25). The Hall–Kier alpha value is -3.34. The van der Waals surface area contributed by atoms with Crippen LogP contribution in [-0.2, 0) is 12.8 Å². The molecule has 0 spiro atoms. The Morgan fingerprint density at radius 3 is 2.63 bits per heavy atom. The summed E-state index contributed by atoms with van der Waals surface area (Å²) < 4.78 is 14.5. The fraction of sp³-hybridized carbons (Fsp3) is 0.136. The largest absolute Gasteiger partial charge is 0.345 e. The van der Waals surface area contributed by atoms with Gasteiger partial charge in [0.25, 0.3) is 0 Å². The summed E-state index contributed by atoms with van der Waals surface area (Å²) in [6, 6.07) is 15.0. The Morgan fingerprint density at radius 2 is 1.85 bits per heavy atom. The van der Waals surface area contributed by atoms with Crippen LogP contribution in [-0.4, -0.2) is 20.7 Å². The Kier molecular flexibility index (Phi) is 4.50. The summed E-state index contributed by atoms with van der Waals surface area (Å²) in [6.45, 7) is 2.04. The van der Waals surface area contributed by atoms with E-state index in [2.05, 4.69) is 39.2 Å². The van der Waals surface area contributed by atoms with E-state index < -0.39 is 11.7 Å². The highest BCUT2D eigenvalue weighted by molar-refractivity contribution is 6.15. The minimum atomic E-state index is -0.736. The molecule has 0 radical (unpaired) electrons. The molecule has 0 aliphatic heterocycles. The van der Waals surface area contributed by atoms with Crippen LogP contribution in [0.5, 0.6) is 0 Å². The van der Waals surface area contributed by atoms with E-state index in [-0.39, 0.29) is 5.56 Å². The number of nitrogens with zero attached hydrogens (tertiary/aromatic N) is 2. The first-order valence-corrected chi connectivity index (χ1v) is 8.79. The number of carbonyl (C=O) groups excluding carboxylic acids is 1. The van der Waals surface area contributed by atoms with Crippen LogP contribution in [0.3, 0.4) is 0 Å². The molecule has 0 atom stereocenters. The van der Waals surface area contributed by atoms with Crippen LogP contribution in [0.25, 0.3) is 11.0 Å². The fourth-order valence-electron chi connectivity index (χ4n) is 3.10. The van der Waals surface area contributed by atoms with Crippen LogP contribution < -0.4 is 0 Å². The smallest absolute Gasteiger partial charge is 0.224 e. The average Bonchev–Trinajstić information content (AvgIpc) is 3.11. The highest BCUT2D eigenvalue weighted by Gasteiger charge is 2.19. The second-order valence-corrected chi connectivity index (χ2v) is 6.56. The summed E-state index contributed by atoms with van der Waals surface area (Å²) >= 11 is 0. The molecule has 3 heterocycles. The second kappa shape index (κ2) is 7.11. The third-order valence-electron chi connectivity index (χ3n) is 4.64. The molecule has 4 aromatic rings. The maximum Gasteiger partial charge on any atom is 0.224 e. The van der Waals surface area contributed by atoms with Gasteiger partial charge in [0.05, 0.1) is 5.56 Å². The molecule has 4 rings (SSSR count). The highest BCUT2D eigenvalue weighted by atomic mass is 19.1. The van der Waals surface area contributed by atoms with E-state index in [1.807, 2.05) is 6.92 Å². The minimum Gasteiger partial charge on any atom is -0.345 e. The number of halogens is 1. The van der Waals surface area contributed by atoms with Gasteiger partial charge in [0.2, 0.25) is 5.95 Å². The minimum absolute atomic E-state index is 0.0289. The summed E-state index contributed by atoms with van der Waals surface area (Å²) in [5, 5.41) is 0.672. The zero-order chi connectivity index (χ0) is 18.8. The molecule has 0 fully saturated rings. The first-order valence-electron chi connectivity index (χ1n) is 8.79. The van der Waals surface area contributed by atoms with E-state index in [0.29, 0.717) is 28.7 Å². The molecule has 0 aliphatic carbocycles. The molecule has 0 bridgehead atoms. The first kappa shape index (κ1) is 17.1. The van der Waals surface area contributed by atoms with Gasteiger partial charge in [-0.15, -0.1) is 0 Å². The topological polar surface area (TPSA) is 58.6 Å². The summed E-state index contributed by atoms with van der Waals surface area (Å²) in [4.78, 5) is 23.8. The number of H-pyrrole nitrogens is 1. The molecule has 0 aliphatic rings. The van der Waals surface area contributed by atoms with Crippen molar-refractivity contribution in [1.82, 2.24) is 15.0 Å². The van der Waals surface area contributed by atoms with Crippen molar-refractivity contribution in [3.63, 3.8) is 0 Å². The maximum atomic E-state index is 14.5. The van der Waals surface area contributed by atoms with Crippen molar-refractivity contribution in [2.75, 3.05) is 0 Å². The summed E-state index contributed by atoms with van der Waals surface area (Å²) in [7, 11) is 0. The maximum absolute atomic E-state index is 14.5. The molecule has 0 amide bonds. The summed E-state index contributed by atoms with van der Waals surface area (Å²) in [5.41, 5.74) is 3.98. The number of ketones is 1. The van der Waals surface area contributed by atoms with E-state index in [0.717, 1.165) is 6.42 Å². The van der Waals surface area contributed by atoms with Crippen molar-refractivity contribution < 1.29 is 9.18 Å². The van der Waals surface area contributed by atoms with Gasteiger partial charge >= 0.3 is 0 Å². The lowest BCUT2D eigenvalue weighted by molar-refractivity contribution is 0.103. The van der Waals surface area contributed by atoms with E-state index in [1.54, 1.807) is 30.6 Å². The van der Waals surface area contributed by atoms with E-state index in [9.17, 15) is 9.18 Å². The van der Waals surface area contributed by atoms with Gasteiger partial charge in [0, 0.05) is 29.0 Å². The monoisotopic (exact) mass is 359 g/mol. The van der Waals surface area contributed by atoms with Gasteiger partial charge in [-0.3, -0.25) is 4.79 Å². The van der Waals surface area contributed by atoms with Gasteiger partial charge < -0.3 is 4.98 Å². The third-order valence-corrected chi connectivity index (χ3v) is 4.64. The summed E-state index contributed by atoms with van der Waals surface area (Å²) in [6.07, 6.45) is 4.59. The first-order chi connectivity index (χ1) is 13.1. The number of aromatic amines is 1. The highest BCUT2D eigenvalue weighted by Crippen LogP contribution is 2.21. The van der Waals surface area contributed by atoms with Crippen LogP contribution in [0.1, 0.15) is 32.7 Å². The number of nitrogens with one attached hydrogen (secondary N) is 1. The van der Waals surface area contributed by atoms with Crippen molar-refractivity contribution in [1.29, 1.82) is 0 Å². The van der Waals surface area contributed by atoms with Crippen molar-refractivity contribution in [2.45, 2.75) is 19.8 Å². The Labute approximate surface area is 156 Å². The molecule has 134 valence electrons. The Morgan fingerprint density at radius 1 is 1.04 bits per heavy atom. The molecule has 27 heavy (non-hydrogen) atoms. The second-order valence-electron chi connectivity index (χ2n) is 6.56. The van der Waals surface area contributed by atoms with Crippen LogP contribution >= 0.6 is 0 Å². The molecular weight excluding hydrogens is 341 g/mol. The number of hydrogen-bond donors (Lipinski definition) is 1. The van der Waals surface area contributed by atoms with Gasteiger partial charge in [-0.1, -0.05) is 29.8 Å². The molecule has 0 saturated carbocycles. The van der Waals surface area contributed by atoms with Crippen LogP contribution in [0.2, 0.25) is 0 Å². The number of aromatic nitrogens is 3. The molecular formula is C22H18FN3O. The zero-order valence-electron chi connectivity index (χ0n) is 14.9. The molecule has 5 heteroatoms. The van der Waals surface area contributed by atoms with Crippen molar-refractivity contribution in [2.24, 2.45) is 0 Å². The number of pyridine rings is 2. The lowest BCUT2D eigenvalue weighted by atomic mass is 10.0. The number of hydrogen-bond acceptors (Lipinski definition) is 3. The third kappa shape index (κ3) is 3.49. The zero-order valence-corrected chi connectivity index (χ0v) is 14.9. The number of rotatable bonds is 5. The van der Waals surface area contributed by atoms with Crippen LogP contribution in [0.15, 0.2) is 60.9 Å². The normalized spacial score (nSPS) is 11.0. The van der Waals surface area contributed by atoms with Crippen molar-refractivity contribution in [3.8, 4) is 0 Å². The lowest BCUT2D eigenvalue weighted by Gasteiger charge is -2.05. The van der Waals surface area contributed by atoms with Gasteiger partial charge in [0.1, 0.15) is 5.65 Å². The molecule has 1 N–H and O–H groups in total. The summed E-state index contributed by atoms with van der Waals surface area (Å²) in [5.74, 6) is -1.14. The van der Waals surface area contributed by atoms with Crippen molar-refractivity contribution in [3.05, 3.63) is 94.8 Å². The molecule has 0 saturated heterocycles. The average molecular weight is 359 g/mol. The predicted octanol–water partition coefficient (Wildman–Crippen LogP) is 4.42. The molecule has 3 aromatic heterocycles. The van der Waals surface area contributed by atoms with Gasteiger partial charge in [0.15, 0.2) is 5.78 Å². The van der Waals surface area contributed by atoms with E-state index in [4.69, 9.17) is 0 Å².